The first-order valence-corrected chi connectivity index (χ1v) is 11.2. The lowest BCUT2D eigenvalue weighted by Crippen LogP contribution is -2.20. The topological polar surface area (TPSA) is 92.3 Å². The van der Waals surface area contributed by atoms with Crippen molar-refractivity contribution in [1.82, 2.24) is 0 Å². The van der Waals surface area contributed by atoms with Gasteiger partial charge in [0.25, 0.3) is 5.91 Å². The zero-order valence-electron chi connectivity index (χ0n) is 15.4. The van der Waals surface area contributed by atoms with E-state index in [-0.39, 0.29) is 27.3 Å². The number of amides is 2. The predicted octanol–water partition coefficient (Wildman–Crippen LogP) is 4.12. The molecule has 2 aromatic rings. The van der Waals surface area contributed by atoms with Crippen molar-refractivity contribution < 1.29 is 18.0 Å². The van der Waals surface area contributed by atoms with Crippen molar-refractivity contribution in [2.45, 2.75) is 30.6 Å². The lowest BCUT2D eigenvalue weighted by molar-refractivity contribution is -0.119. The highest BCUT2D eigenvalue weighted by molar-refractivity contribution is 7.90. The maximum absolute atomic E-state index is 12.4. The Morgan fingerprint density at radius 2 is 1.75 bits per heavy atom. The molecule has 0 spiro atoms. The number of nitrogens with one attached hydrogen (secondary N) is 2. The van der Waals surface area contributed by atoms with Gasteiger partial charge in [-0.25, -0.2) is 8.42 Å². The molecule has 0 aromatic heterocycles. The molecule has 1 saturated carbocycles. The fraction of sp³-hybridized carbons (Fsp3) is 0.300. The molecule has 1 aliphatic carbocycles. The fourth-order valence-electron chi connectivity index (χ4n) is 3.19. The van der Waals surface area contributed by atoms with Gasteiger partial charge in [0.15, 0.2) is 9.84 Å². The van der Waals surface area contributed by atoms with Crippen molar-refractivity contribution in [1.29, 1.82) is 0 Å². The van der Waals surface area contributed by atoms with E-state index in [1.54, 1.807) is 18.2 Å². The van der Waals surface area contributed by atoms with Crippen molar-refractivity contribution in [3.63, 3.8) is 0 Å². The average Bonchev–Trinajstić information content (AvgIpc) is 3.18. The number of carbonyl (C=O) groups is 2. The van der Waals surface area contributed by atoms with Gasteiger partial charge in [-0.1, -0.05) is 30.5 Å². The lowest BCUT2D eigenvalue weighted by Gasteiger charge is -2.13. The first kappa shape index (κ1) is 20.4. The Kier molecular flexibility index (Phi) is 6.05. The second-order valence-corrected chi connectivity index (χ2v) is 9.34. The number of hydrogen-bond acceptors (Lipinski definition) is 4. The number of hydrogen-bond donors (Lipinski definition) is 2. The van der Waals surface area contributed by atoms with E-state index < -0.39 is 15.7 Å². The van der Waals surface area contributed by atoms with Crippen LogP contribution in [-0.2, 0) is 14.6 Å². The van der Waals surface area contributed by atoms with E-state index in [1.165, 1.54) is 24.3 Å². The smallest absolute Gasteiger partial charge is 0.255 e. The summed E-state index contributed by atoms with van der Waals surface area (Å²) in [7, 11) is -3.41. The molecule has 1 aliphatic rings. The summed E-state index contributed by atoms with van der Waals surface area (Å²) in [5.41, 5.74) is 1.15. The highest BCUT2D eigenvalue weighted by atomic mass is 35.5. The third kappa shape index (κ3) is 4.91. The van der Waals surface area contributed by atoms with Crippen molar-refractivity contribution in [2.75, 3.05) is 16.9 Å². The van der Waals surface area contributed by atoms with Gasteiger partial charge in [0.05, 0.1) is 15.6 Å². The summed E-state index contributed by atoms with van der Waals surface area (Å²) >= 11 is 6.25. The van der Waals surface area contributed by atoms with Crippen LogP contribution in [0.1, 0.15) is 36.0 Å². The van der Waals surface area contributed by atoms with Crippen molar-refractivity contribution in [3.8, 4) is 0 Å². The van der Waals surface area contributed by atoms with Gasteiger partial charge >= 0.3 is 0 Å². The van der Waals surface area contributed by atoms with E-state index >= 15 is 0 Å². The van der Waals surface area contributed by atoms with E-state index in [0.717, 1.165) is 31.9 Å². The molecule has 0 saturated heterocycles. The predicted molar refractivity (Wildman–Crippen MR) is 110 cm³/mol. The molecule has 0 unspecified atom stereocenters. The zero-order valence-corrected chi connectivity index (χ0v) is 16.9. The van der Waals surface area contributed by atoms with Crippen LogP contribution in [0.5, 0.6) is 0 Å². The minimum Gasteiger partial charge on any atom is -0.326 e. The molecule has 1 fully saturated rings. The quantitative estimate of drug-likeness (QED) is 0.760. The van der Waals surface area contributed by atoms with Crippen LogP contribution in [0.2, 0.25) is 5.02 Å². The van der Waals surface area contributed by atoms with Gasteiger partial charge in [0.1, 0.15) is 0 Å². The molecular formula is C20H21ClN2O4S. The fourth-order valence-corrected chi connectivity index (χ4v) is 4.08. The summed E-state index contributed by atoms with van der Waals surface area (Å²) in [5, 5.41) is 5.80. The molecule has 28 heavy (non-hydrogen) atoms. The Bertz CT molecular complexity index is 1010. The Morgan fingerprint density at radius 1 is 1.04 bits per heavy atom. The molecule has 0 heterocycles. The number of halogens is 1. The van der Waals surface area contributed by atoms with Crippen molar-refractivity contribution in [2.24, 2.45) is 5.92 Å². The number of benzene rings is 2. The van der Waals surface area contributed by atoms with Crippen LogP contribution in [-0.4, -0.2) is 26.5 Å². The summed E-state index contributed by atoms with van der Waals surface area (Å²) in [4.78, 5) is 24.7. The van der Waals surface area contributed by atoms with Crippen LogP contribution in [0, 0.1) is 5.92 Å². The Hall–Kier alpha value is -2.38. The maximum atomic E-state index is 12.4. The average molecular weight is 421 g/mol. The number of anilines is 2. The maximum Gasteiger partial charge on any atom is 0.255 e. The van der Waals surface area contributed by atoms with Gasteiger partial charge in [0.2, 0.25) is 5.91 Å². The second-order valence-electron chi connectivity index (χ2n) is 6.92. The summed E-state index contributed by atoms with van der Waals surface area (Å²) in [6.07, 6.45) is 5.04. The molecule has 3 rings (SSSR count). The standard InChI is InChI=1S/C20H21ClN2O4S/c1-28(26,27)16-8-4-7-14(11-16)20(25)23-18-10-9-15(12-17(18)21)22-19(24)13-5-2-3-6-13/h4,7-13H,2-3,5-6H2,1H3,(H,22,24)(H,23,25). The largest absolute Gasteiger partial charge is 0.326 e. The molecule has 0 atom stereocenters. The third-order valence-corrected chi connectivity index (χ3v) is 6.16. The summed E-state index contributed by atoms with van der Waals surface area (Å²) in [5.74, 6) is -0.446. The van der Waals surface area contributed by atoms with E-state index in [4.69, 9.17) is 11.6 Å². The van der Waals surface area contributed by atoms with Crippen molar-refractivity contribution >= 4 is 44.6 Å². The van der Waals surface area contributed by atoms with Gasteiger partial charge in [-0.2, -0.15) is 0 Å². The summed E-state index contributed by atoms with van der Waals surface area (Å²) in [6.45, 7) is 0. The molecule has 2 N–H and O–H groups in total. The van der Waals surface area contributed by atoms with Crippen LogP contribution in [0.15, 0.2) is 47.4 Å². The summed E-state index contributed by atoms with van der Waals surface area (Å²) in [6, 6.07) is 10.6. The van der Waals surface area contributed by atoms with Gasteiger partial charge in [-0.05, 0) is 49.2 Å². The normalized spacial score (nSPS) is 14.6. The molecule has 2 amide bonds. The minimum atomic E-state index is -3.41. The monoisotopic (exact) mass is 420 g/mol. The second kappa shape index (κ2) is 8.32. The van der Waals surface area contributed by atoms with E-state index in [1.807, 2.05) is 0 Å². The van der Waals surface area contributed by atoms with E-state index in [2.05, 4.69) is 10.6 Å². The zero-order chi connectivity index (χ0) is 20.3. The number of carbonyl (C=O) groups excluding carboxylic acids is 2. The minimum absolute atomic E-state index is 0.0112. The molecule has 0 bridgehead atoms. The molecule has 8 heteroatoms. The lowest BCUT2D eigenvalue weighted by atomic mass is 10.1. The molecule has 6 nitrogen and oxygen atoms in total. The van der Waals surface area contributed by atoms with Crippen LogP contribution < -0.4 is 10.6 Å². The molecule has 2 aromatic carbocycles. The van der Waals surface area contributed by atoms with Gasteiger partial charge in [-0.15, -0.1) is 0 Å². The number of sulfone groups is 1. The summed E-state index contributed by atoms with van der Waals surface area (Å²) < 4.78 is 23.3. The van der Waals surface area contributed by atoms with Crippen LogP contribution in [0.25, 0.3) is 0 Å². The molecule has 0 aliphatic heterocycles. The first-order valence-electron chi connectivity index (χ1n) is 8.96. The van der Waals surface area contributed by atoms with Gasteiger partial charge in [-0.3, -0.25) is 9.59 Å². The van der Waals surface area contributed by atoms with Crippen LogP contribution in [0.4, 0.5) is 11.4 Å². The molecule has 148 valence electrons. The number of rotatable bonds is 5. The Morgan fingerprint density at radius 3 is 2.39 bits per heavy atom. The van der Waals surface area contributed by atoms with Crippen molar-refractivity contribution in [3.05, 3.63) is 53.1 Å². The van der Waals surface area contributed by atoms with E-state index in [9.17, 15) is 18.0 Å². The molecule has 0 radical (unpaired) electrons. The highest BCUT2D eigenvalue weighted by Crippen LogP contribution is 2.29. The first-order chi connectivity index (χ1) is 13.2. The Labute approximate surface area is 169 Å². The Balaban J connectivity index is 1.71. The SMILES string of the molecule is CS(=O)(=O)c1cccc(C(=O)Nc2ccc(NC(=O)C3CCCC3)cc2Cl)c1. The highest BCUT2D eigenvalue weighted by Gasteiger charge is 2.22. The third-order valence-electron chi connectivity index (χ3n) is 4.74. The molecular weight excluding hydrogens is 400 g/mol. The van der Waals surface area contributed by atoms with Crippen LogP contribution in [0.3, 0.4) is 0 Å². The van der Waals surface area contributed by atoms with Gasteiger partial charge in [0, 0.05) is 23.4 Å². The van der Waals surface area contributed by atoms with E-state index in [0.29, 0.717) is 11.4 Å². The van der Waals surface area contributed by atoms with Crippen LogP contribution >= 0.6 is 11.6 Å². The van der Waals surface area contributed by atoms with Gasteiger partial charge < -0.3 is 10.6 Å².